The summed E-state index contributed by atoms with van der Waals surface area (Å²) in [5.41, 5.74) is -1.47. The van der Waals surface area contributed by atoms with Crippen molar-refractivity contribution < 1.29 is 50.7 Å². The van der Waals surface area contributed by atoms with Crippen LogP contribution in [0.5, 0.6) is 17.2 Å². The summed E-state index contributed by atoms with van der Waals surface area (Å²) >= 11 is 5.87. The van der Waals surface area contributed by atoms with E-state index in [0.717, 1.165) is 24.3 Å². The van der Waals surface area contributed by atoms with E-state index in [4.69, 9.17) is 34.9 Å². The van der Waals surface area contributed by atoms with E-state index in [2.05, 4.69) is 0 Å². The van der Waals surface area contributed by atoms with Crippen molar-refractivity contribution >= 4 is 30.7 Å². The number of alkyl halides is 3. The van der Waals surface area contributed by atoms with Gasteiger partial charge in [0, 0.05) is 12.1 Å². The Hall–Kier alpha value is -2.70. The van der Waals surface area contributed by atoms with Gasteiger partial charge in [-0.25, -0.2) is 0 Å². The predicted molar refractivity (Wildman–Crippen MR) is 122 cm³/mol. The first-order chi connectivity index (χ1) is 16.9. The molecule has 0 aliphatic carbocycles. The smallest absolute Gasteiger partial charge is 0.416 e. The van der Waals surface area contributed by atoms with Gasteiger partial charge in [0.15, 0.2) is 5.78 Å². The number of hydrogen-bond donors (Lipinski definition) is 0. The number of Topliss-reactive ketones (excluding diaryl/α,β-unsaturated/α-hetero) is 1. The lowest BCUT2D eigenvalue weighted by molar-refractivity contribution is -0.385. The lowest BCUT2D eigenvalue weighted by atomic mass is 10.2. The Morgan fingerprint density at radius 3 is 2.28 bits per heavy atom. The number of benzene rings is 2. The number of nitro groups is 1. The van der Waals surface area contributed by atoms with E-state index < -0.39 is 55.3 Å². The summed E-state index contributed by atoms with van der Waals surface area (Å²) in [6.45, 7) is 2.27. The zero-order valence-electron chi connectivity index (χ0n) is 19.1. The molecule has 10 nitrogen and oxygen atoms in total. The molecule has 198 valence electrons. The maximum absolute atomic E-state index is 12.8. The number of rotatable bonds is 14. The first kappa shape index (κ1) is 29.5. The van der Waals surface area contributed by atoms with Crippen molar-refractivity contribution in [3.63, 3.8) is 0 Å². The molecule has 2 aromatic carbocycles. The molecule has 0 saturated carbocycles. The molecule has 36 heavy (non-hydrogen) atoms. The highest BCUT2D eigenvalue weighted by Crippen LogP contribution is 2.47. The second kappa shape index (κ2) is 13.0. The van der Waals surface area contributed by atoms with Crippen LogP contribution >= 0.6 is 19.2 Å². The average Bonchev–Trinajstić information content (AvgIpc) is 2.78. The SMILES string of the molecule is CCOP(=O)(COCC(=O)COc1cc(Oc2ccc(C(F)(F)F)cc2Cl)ccc1[N+](=O)[O-])OCC. The van der Waals surface area contributed by atoms with Gasteiger partial charge in [0.1, 0.15) is 31.1 Å². The zero-order valence-corrected chi connectivity index (χ0v) is 20.7. The molecule has 0 bridgehead atoms. The van der Waals surface area contributed by atoms with E-state index in [9.17, 15) is 32.6 Å². The van der Waals surface area contributed by atoms with Gasteiger partial charge in [-0.1, -0.05) is 11.6 Å². The number of ether oxygens (including phenoxy) is 3. The van der Waals surface area contributed by atoms with Crippen molar-refractivity contribution in [3.8, 4) is 17.2 Å². The Morgan fingerprint density at radius 2 is 1.72 bits per heavy atom. The van der Waals surface area contributed by atoms with Gasteiger partial charge in [-0.15, -0.1) is 0 Å². The summed E-state index contributed by atoms with van der Waals surface area (Å²) in [6, 6.07) is 5.73. The van der Waals surface area contributed by atoms with Gasteiger partial charge in [-0.2, -0.15) is 13.2 Å². The summed E-state index contributed by atoms with van der Waals surface area (Å²) in [7, 11) is -3.52. The highest BCUT2D eigenvalue weighted by Gasteiger charge is 2.31. The normalized spacial score (nSPS) is 11.8. The van der Waals surface area contributed by atoms with Crippen molar-refractivity contribution in [1.82, 2.24) is 0 Å². The van der Waals surface area contributed by atoms with Gasteiger partial charge >= 0.3 is 19.5 Å². The first-order valence-electron chi connectivity index (χ1n) is 10.3. The third-order valence-electron chi connectivity index (χ3n) is 4.17. The minimum atomic E-state index is -4.60. The molecule has 0 aliphatic heterocycles. The number of ketones is 1. The average molecular weight is 556 g/mol. The van der Waals surface area contributed by atoms with Crippen LogP contribution in [0.3, 0.4) is 0 Å². The van der Waals surface area contributed by atoms with Crippen LogP contribution in [0.4, 0.5) is 18.9 Å². The standard InChI is InChI=1S/C21H22ClF3NO9P/c1-3-33-36(30,34-4-2)13-31-11-15(27)12-32-20-10-16(6-7-18(20)26(28)29)35-19-8-5-14(9-17(19)22)21(23,24)25/h5-10H,3-4,11-13H2,1-2H3. The summed E-state index contributed by atoms with van der Waals surface area (Å²) in [6.07, 6.45) is -5.08. The number of carbonyl (C=O) groups is 1. The number of halogens is 4. The summed E-state index contributed by atoms with van der Waals surface area (Å²) in [4.78, 5) is 22.7. The van der Waals surface area contributed by atoms with Crippen molar-refractivity contribution in [1.29, 1.82) is 0 Å². The van der Waals surface area contributed by atoms with E-state index in [-0.39, 0.29) is 35.5 Å². The van der Waals surface area contributed by atoms with Crippen molar-refractivity contribution in [2.45, 2.75) is 20.0 Å². The highest BCUT2D eigenvalue weighted by atomic mass is 35.5. The molecule has 0 unspecified atom stereocenters. The van der Waals surface area contributed by atoms with Crippen molar-refractivity contribution in [2.24, 2.45) is 0 Å². The Morgan fingerprint density at radius 1 is 1.06 bits per heavy atom. The number of carbonyl (C=O) groups excluding carboxylic acids is 1. The molecule has 0 saturated heterocycles. The fourth-order valence-corrected chi connectivity index (χ4v) is 4.23. The van der Waals surface area contributed by atoms with E-state index in [0.29, 0.717) is 6.07 Å². The third kappa shape index (κ3) is 8.75. The quantitative estimate of drug-likeness (QED) is 0.151. The van der Waals surface area contributed by atoms with Crippen molar-refractivity contribution in [2.75, 3.05) is 32.8 Å². The van der Waals surface area contributed by atoms with Gasteiger partial charge < -0.3 is 23.3 Å². The molecule has 0 fully saturated rings. The van der Waals surface area contributed by atoms with Crippen LogP contribution in [0.15, 0.2) is 36.4 Å². The molecular weight excluding hydrogens is 534 g/mol. The predicted octanol–water partition coefficient (Wildman–Crippen LogP) is 6.25. The van der Waals surface area contributed by atoms with Gasteiger partial charge in [0.25, 0.3) is 0 Å². The summed E-state index contributed by atoms with van der Waals surface area (Å²) < 4.78 is 76.6. The van der Waals surface area contributed by atoms with Gasteiger partial charge in [0.05, 0.1) is 28.7 Å². The van der Waals surface area contributed by atoms with E-state index >= 15 is 0 Å². The second-order valence-electron chi connectivity index (χ2n) is 6.88. The Bertz CT molecular complexity index is 1120. The minimum absolute atomic E-state index is 0.0460. The van der Waals surface area contributed by atoms with Gasteiger partial charge in [-0.05, 0) is 38.1 Å². The molecule has 0 aromatic heterocycles. The largest absolute Gasteiger partial charge is 0.479 e. The number of nitro benzene ring substituents is 1. The maximum atomic E-state index is 12.8. The van der Waals surface area contributed by atoms with Crippen LogP contribution in [0.2, 0.25) is 5.02 Å². The Labute approximate surface area is 208 Å². The monoisotopic (exact) mass is 555 g/mol. The lowest BCUT2D eigenvalue weighted by Crippen LogP contribution is -2.18. The number of hydrogen-bond acceptors (Lipinski definition) is 9. The van der Waals surface area contributed by atoms with Gasteiger partial charge in [-0.3, -0.25) is 19.5 Å². The molecule has 2 aromatic rings. The highest BCUT2D eigenvalue weighted by molar-refractivity contribution is 7.53. The molecule has 0 spiro atoms. The van der Waals surface area contributed by atoms with Crippen LogP contribution in [0.25, 0.3) is 0 Å². The molecule has 0 aliphatic rings. The minimum Gasteiger partial charge on any atom is -0.479 e. The summed E-state index contributed by atoms with van der Waals surface area (Å²) in [5, 5.41) is 11.0. The van der Waals surface area contributed by atoms with Crippen LogP contribution in [0, 0.1) is 10.1 Å². The summed E-state index contributed by atoms with van der Waals surface area (Å²) in [5.74, 6) is -1.17. The third-order valence-corrected chi connectivity index (χ3v) is 6.27. The lowest BCUT2D eigenvalue weighted by Gasteiger charge is -2.16. The molecule has 0 atom stereocenters. The van der Waals surface area contributed by atoms with E-state index in [1.165, 1.54) is 6.07 Å². The van der Waals surface area contributed by atoms with Crippen LogP contribution in [0.1, 0.15) is 19.4 Å². The first-order valence-corrected chi connectivity index (χ1v) is 12.4. The maximum Gasteiger partial charge on any atom is 0.416 e. The second-order valence-corrected chi connectivity index (χ2v) is 9.29. The fourth-order valence-electron chi connectivity index (χ4n) is 2.69. The van der Waals surface area contributed by atoms with Crippen LogP contribution in [-0.2, 0) is 29.3 Å². The Kier molecular flexibility index (Phi) is 10.7. The molecular formula is C21H22ClF3NO9P. The van der Waals surface area contributed by atoms with Crippen LogP contribution < -0.4 is 9.47 Å². The molecule has 2 rings (SSSR count). The van der Waals surface area contributed by atoms with Crippen LogP contribution in [-0.4, -0.2) is 43.5 Å². The topological polar surface area (TPSA) is 123 Å². The zero-order chi connectivity index (χ0) is 26.9. The molecule has 15 heteroatoms. The fraction of sp³-hybridized carbons (Fsp3) is 0.381. The van der Waals surface area contributed by atoms with Gasteiger partial charge in [0.2, 0.25) is 5.75 Å². The molecule has 0 radical (unpaired) electrons. The Balaban J connectivity index is 2.06. The van der Waals surface area contributed by atoms with Crippen molar-refractivity contribution in [3.05, 3.63) is 57.1 Å². The molecule has 0 N–H and O–H groups in total. The van der Waals surface area contributed by atoms with E-state index in [1.807, 2.05) is 0 Å². The molecule has 0 amide bonds. The number of nitrogens with zero attached hydrogens (tertiary/aromatic N) is 1. The van der Waals surface area contributed by atoms with E-state index in [1.54, 1.807) is 13.8 Å². The molecule has 0 heterocycles.